The SMILES string of the molecule is NC(=O)C1(c2ccc([PH](=O)O)cc2)CC1. The summed E-state index contributed by atoms with van der Waals surface area (Å²) in [6.45, 7) is 0. The predicted octanol–water partition coefficient (Wildman–Crippen LogP) is 0.296. The molecule has 0 aromatic heterocycles. The molecule has 0 heterocycles. The molecule has 1 aromatic carbocycles. The number of nitrogens with two attached hydrogens (primary N) is 1. The lowest BCUT2D eigenvalue weighted by Gasteiger charge is -2.11. The highest BCUT2D eigenvalue weighted by Gasteiger charge is 2.49. The van der Waals surface area contributed by atoms with Gasteiger partial charge in [0.05, 0.1) is 5.41 Å². The Morgan fingerprint density at radius 3 is 2.20 bits per heavy atom. The van der Waals surface area contributed by atoms with Gasteiger partial charge < -0.3 is 10.6 Å². The first-order chi connectivity index (χ1) is 7.06. The van der Waals surface area contributed by atoms with E-state index in [4.69, 9.17) is 10.6 Å². The maximum atomic E-state index is 11.2. The number of benzene rings is 1. The van der Waals surface area contributed by atoms with Crippen molar-refractivity contribution in [2.24, 2.45) is 5.73 Å². The van der Waals surface area contributed by atoms with E-state index in [0.717, 1.165) is 18.4 Å². The lowest BCUT2D eigenvalue weighted by Crippen LogP contribution is -2.28. The summed E-state index contributed by atoms with van der Waals surface area (Å²) >= 11 is 0. The molecule has 3 N–H and O–H groups in total. The van der Waals surface area contributed by atoms with Crippen LogP contribution in [0.1, 0.15) is 18.4 Å². The highest BCUT2D eigenvalue weighted by atomic mass is 31.1. The molecule has 1 saturated carbocycles. The molecule has 2 rings (SSSR count). The van der Waals surface area contributed by atoms with Gasteiger partial charge in [-0.3, -0.25) is 9.36 Å². The van der Waals surface area contributed by atoms with Gasteiger partial charge in [0.25, 0.3) is 0 Å². The minimum Gasteiger partial charge on any atom is -0.369 e. The van der Waals surface area contributed by atoms with Crippen LogP contribution >= 0.6 is 8.03 Å². The lowest BCUT2D eigenvalue weighted by atomic mass is 9.95. The Bertz CT molecular complexity index is 423. The number of primary amides is 1. The van der Waals surface area contributed by atoms with E-state index < -0.39 is 13.4 Å². The second-order valence-corrected chi connectivity index (χ2v) is 5.02. The summed E-state index contributed by atoms with van der Waals surface area (Å²) in [6.07, 6.45) is 1.55. The molecule has 1 unspecified atom stereocenters. The third-order valence-corrected chi connectivity index (χ3v) is 3.73. The van der Waals surface area contributed by atoms with Crippen LogP contribution in [0.25, 0.3) is 0 Å². The first-order valence-electron chi connectivity index (χ1n) is 4.70. The van der Waals surface area contributed by atoms with Gasteiger partial charge in [-0.05, 0) is 30.5 Å². The second-order valence-electron chi connectivity index (χ2n) is 3.83. The van der Waals surface area contributed by atoms with Crippen LogP contribution in [0, 0.1) is 0 Å². The van der Waals surface area contributed by atoms with Crippen molar-refractivity contribution in [2.75, 3.05) is 0 Å². The zero-order chi connectivity index (χ0) is 11.1. The molecule has 15 heavy (non-hydrogen) atoms. The molecule has 0 spiro atoms. The van der Waals surface area contributed by atoms with Crippen molar-refractivity contribution in [3.05, 3.63) is 29.8 Å². The smallest absolute Gasteiger partial charge is 0.228 e. The van der Waals surface area contributed by atoms with Crippen molar-refractivity contribution in [1.82, 2.24) is 0 Å². The molecule has 0 aliphatic heterocycles. The Balaban J connectivity index is 2.32. The van der Waals surface area contributed by atoms with Crippen molar-refractivity contribution < 1.29 is 14.3 Å². The second kappa shape index (κ2) is 3.47. The van der Waals surface area contributed by atoms with Crippen LogP contribution in [0.4, 0.5) is 0 Å². The molecule has 0 radical (unpaired) electrons. The van der Waals surface area contributed by atoms with E-state index in [0.29, 0.717) is 5.30 Å². The third kappa shape index (κ3) is 1.71. The minimum absolute atomic E-state index is 0.313. The van der Waals surface area contributed by atoms with Crippen molar-refractivity contribution >= 4 is 19.2 Å². The third-order valence-electron chi connectivity index (χ3n) is 2.91. The van der Waals surface area contributed by atoms with Crippen LogP contribution in [-0.4, -0.2) is 10.8 Å². The van der Waals surface area contributed by atoms with E-state index in [9.17, 15) is 9.36 Å². The fourth-order valence-electron chi connectivity index (χ4n) is 1.73. The number of carbonyl (C=O) groups excluding carboxylic acids is 1. The molecular weight excluding hydrogens is 213 g/mol. The monoisotopic (exact) mass is 225 g/mol. The van der Waals surface area contributed by atoms with Crippen LogP contribution in [0.3, 0.4) is 0 Å². The fourth-order valence-corrected chi connectivity index (χ4v) is 2.19. The zero-order valence-corrected chi connectivity index (χ0v) is 9.06. The first-order valence-corrected chi connectivity index (χ1v) is 6.05. The van der Waals surface area contributed by atoms with E-state index >= 15 is 0 Å². The Labute approximate surface area is 88.0 Å². The number of hydrogen-bond donors (Lipinski definition) is 2. The first kappa shape index (κ1) is 10.4. The summed E-state index contributed by atoms with van der Waals surface area (Å²) in [4.78, 5) is 20.1. The average molecular weight is 225 g/mol. The van der Waals surface area contributed by atoms with Gasteiger partial charge in [0.15, 0.2) is 0 Å². The van der Waals surface area contributed by atoms with Crippen LogP contribution in [0.5, 0.6) is 0 Å². The molecule has 80 valence electrons. The number of carbonyl (C=O) groups is 1. The summed E-state index contributed by atoms with van der Waals surface area (Å²) in [6, 6.07) is 6.59. The van der Waals surface area contributed by atoms with E-state index in [1.807, 2.05) is 0 Å². The molecule has 0 saturated heterocycles. The van der Waals surface area contributed by atoms with Gasteiger partial charge >= 0.3 is 0 Å². The quantitative estimate of drug-likeness (QED) is 0.726. The van der Waals surface area contributed by atoms with E-state index in [2.05, 4.69) is 0 Å². The summed E-state index contributed by atoms with van der Waals surface area (Å²) in [7, 11) is -2.64. The Morgan fingerprint density at radius 1 is 1.33 bits per heavy atom. The van der Waals surface area contributed by atoms with Gasteiger partial charge in [0.1, 0.15) is 0 Å². The van der Waals surface area contributed by atoms with Crippen LogP contribution in [0.2, 0.25) is 0 Å². The molecule has 1 aliphatic rings. The predicted molar refractivity (Wildman–Crippen MR) is 57.4 cm³/mol. The molecule has 4 nitrogen and oxygen atoms in total. The summed E-state index contributed by atoms with van der Waals surface area (Å²) in [5, 5.41) is 0.407. The molecule has 1 fully saturated rings. The summed E-state index contributed by atoms with van der Waals surface area (Å²) in [5.74, 6) is -0.313. The van der Waals surface area contributed by atoms with Gasteiger partial charge in [-0.2, -0.15) is 0 Å². The highest BCUT2D eigenvalue weighted by Crippen LogP contribution is 2.47. The van der Waals surface area contributed by atoms with E-state index in [1.54, 1.807) is 24.3 Å². The van der Waals surface area contributed by atoms with Crippen molar-refractivity contribution in [3.8, 4) is 0 Å². The van der Waals surface area contributed by atoms with Crippen molar-refractivity contribution in [2.45, 2.75) is 18.3 Å². The maximum absolute atomic E-state index is 11.2. The van der Waals surface area contributed by atoms with Crippen LogP contribution in [0.15, 0.2) is 24.3 Å². The molecule has 1 amide bonds. The normalized spacial score (nSPS) is 19.5. The number of hydrogen-bond acceptors (Lipinski definition) is 2. The molecular formula is C10H12NO3P. The molecule has 1 aromatic rings. The lowest BCUT2D eigenvalue weighted by molar-refractivity contribution is -0.120. The van der Waals surface area contributed by atoms with E-state index in [1.165, 1.54) is 0 Å². The number of amides is 1. The Hall–Kier alpha value is -1.12. The summed E-state index contributed by atoms with van der Waals surface area (Å²) in [5.41, 5.74) is 5.66. The zero-order valence-electron chi connectivity index (χ0n) is 8.06. The van der Waals surface area contributed by atoms with Crippen molar-refractivity contribution in [1.29, 1.82) is 0 Å². The minimum atomic E-state index is -2.64. The van der Waals surface area contributed by atoms with Crippen molar-refractivity contribution in [3.63, 3.8) is 0 Å². The Kier molecular flexibility index (Phi) is 2.41. The summed E-state index contributed by atoms with van der Waals surface area (Å²) < 4.78 is 10.8. The van der Waals surface area contributed by atoms with Crippen LogP contribution in [-0.2, 0) is 14.8 Å². The van der Waals surface area contributed by atoms with Gasteiger partial charge in [-0.25, -0.2) is 0 Å². The molecule has 1 atom stereocenters. The van der Waals surface area contributed by atoms with Gasteiger partial charge in [0, 0.05) is 5.30 Å². The molecule has 5 heteroatoms. The van der Waals surface area contributed by atoms with Gasteiger partial charge in [0.2, 0.25) is 13.9 Å². The standard InChI is InChI=1S/C10H12NO3P/c11-9(12)10(5-6-10)7-1-3-8(4-2-7)15(13)14/h1-4,15H,5-6H2,(H2,11,12)(H,13,14). The molecule has 1 aliphatic carbocycles. The average Bonchev–Trinajstić information content (AvgIpc) is 2.98. The van der Waals surface area contributed by atoms with E-state index in [-0.39, 0.29) is 5.91 Å². The molecule has 0 bridgehead atoms. The highest BCUT2D eigenvalue weighted by molar-refractivity contribution is 7.47. The fraction of sp³-hybridized carbons (Fsp3) is 0.300. The largest absolute Gasteiger partial charge is 0.369 e. The van der Waals surface area contributed by atoms with Crippen LogP contribution < -0.4 is 11.0 Å². The van der Waals surface area contributed by atoms with Gasteiger partial charge in [-0.1, -0.05) is 12.1 Å². The topological polar surface area (TPSA) is 80.4 Å². The Morgan fingerprint density at radius 2 is 1.87 bits per heavy atom. The maximum Gasteiger partial charge on any atom is 0.228 e. The van der Waals surface area contributed by atoms with Gasteiger partial charge in [-0.15, -0.1) is 0 Å². The number of rotatable bonds is 3.